The van der Waals surface area contributed by atoms with Crippen molar-refractivity contribution in [2.45, 2.75) is 50.0 Å². The maximum atomic E-state index is 10.8. The third kappa shape index (κ3) is 2.71. The van der Waals surface area contributed by atoms with E-state index in [1.165, 1.54) is 29.7 Å². The number of hydrogen-bond acceptors (Lipinski definition) is 2. The van der Waals surface area contributed by atoms with Gasteiger partial charge in [0.25, 0.3) is 0 Å². The van der Waals surface area contributed by atoms with Crippen LogP contribution in [0.3, 0.4) is 0 Å². The van der Waals surface area contributed by atoms with Gasteiger partial charge < -0.3 is 5.11 Å². The highest BCUT2D eigenvalue weighted by molar-refractivity contribution is 7.99. The molecule has 0 bridgehead atoms. The molecule has 0 spiro atoms. The third-order valence-electron chi connectivity index (χ3n) is 4.85. The van der Waals surface area contributed by atoms with Crippen LogP contribution >= 0.6 is 11.8 Å². The topological polar surface area (TPSA) is 20.2 Å². The zero-order chi connectivity index (χ0) is 13.4. The number of aliphatic hydroxyl groups excluding tert-OH is 1. The summed E-state index contributed by atoms with van der Waals surface area (Å²) in [5.41, 5.74) is 1.38. The first-order chi connectivity index (χ1) is 9.15. The predicted octanol–water partition coefficient (Wildman–Crippen LogP) is 4.31. The van der Waals surface area contributed by atoms with Crippen molar-refractivity contribution < 1.29 is 5.11 Å². The maximum absolute atomic E-state index is 10.8. The van der Waals surface area contributed by atoms with E-state index in [1.807, 2.05) is 11.8 Å². The van der Waals surface area contributed by atoms with Crippen LogP contribution in [0.5, 0.6) is 0 Å². The molecule has 1 aliphatic carbocycles. The predicted molar refractivity (Wildman–Crippen MR) is 81.6 cm³/mol. The van der Waals surface area contributed by atoms with Gasteiger partial charge >= 0.3 is 0 Å². The Balaban J connectivity index is 1.76. The van der Waals surface area contributed by atoms with Crippen LogP contribution in [0.1, 0.15) is 44.6 Å². The van der Waals surface area contributed by atoms with E-state index in [4.69, 9.17) is 0 Å². The SMILES string of the molecule is CC1CC(C)CC(C(O)C2CSc3ccccc32)C1. The maximum Gasteiger partial charge on any atom is 0.0645 e. The van der Waals surface area contributed by atoms with Crippen molar-refractivity contribution in [2.24, 2.45) is 17.8 Å². The Morgan fingerprint density at radius 3 is 2.53 bits per heavy atom. The summed E-state index contributed by atoms with van der Waals surface area (Å²) in [6.07, 6.45) is 3.59. The molecule has 1 aromatic carbocycles. The second-order valence-electron chi connectivity index (χ2n) is 6.62. The van der Waals surface area contributed by atoms with Crippen molar-refractivity contribution in [3.8, 4) is 0 Å². The lowest BCUT2D eigenvalue weighted by Crippen LogP contribution is -2.33. The van der Waals surface area contributed by atoms with Crippen LogP contribution in [0, 0.1) is 17.8 Å². The molecule has 4 unspecified atom stereocenters. The molecule has 1 N–H and O–H groups in total. The molecule has 1 aromatic rings. The van der Waals surface area contributed by atoms with Gasteiger partial charge in [0, 0.05) is 16.6 Å². The van der Waals surface area contributed by atoms with E-state index in [-0.39, 0.29) is 6.10 Å². The summed E-state index contributed by atoms with van der Waals surface area (Å²) < 4.78 is 0. The number of fused-ring (bicyclic) bond motifs is 1. The molecule has 0 radical (unpaired) electrons. The van der Waals surface area contributed by atoms with Crippen molar-refractivity contribution >= 4 is 11.8 Å². The number of benzene rings is 1. The minimum absolute atomic E-state index is 0.152. The molecule has 0 aromatic heterocycles. The standard InChI is InChI=1S/C17H24OS/c1-11-7-12(2)9-13(8-11)17(18)15-10-19-16-6-4-3-5-14(15)16/h3-6,11-13,15,17-18H,7-10H2,1-2H3. The van der Waals surface area contributed by atoms with Gasteiger partial charge in [0.05, 0.1) is 6.10 Å². The molecule has 1 fully saturated rings. The summed E-state index contributed by atoms with van der Waals surface area (Å²) in [5.74, 6) is 3.44. The fraction of sp³-hybridized carbons (Fsp3) is 0.647. The van der Waals surface area contributed by atoms with Gasteiger partial charge in [-0.25, -0.2) is 0 Å². The van der Waals surface area contributed by atoms with Crippen molar-refractivity contribution in [1.29, 1.82) is 0 Å². The zero-order valence-electron chi connectivity index (χ0n) is 11.9. The molecule has 104 valence electrons. The Hall–Kier alpha value is -0.470. The summed E-state index contributed by atoms with van der Waals surface area (Å²) in [7, 11) is 0. The van der Waals surface area contributed by atoms with E-state index in [1.54, 1.807) is 0 Å². The second-order valence-corrected chi connectivity index (χ2v) is 7.69. The van der Waals surface area contributed by atoms with Crippen LogP contribution < -0.4 is 0 Å². The summed E-state index contributed by atoms with van der Waals surface area (Å²) in [6.45, 7) is 4.68. The summed E-state index contributed by atoms with van der Waals surface area (Å²) in [6, 6.07) is 8.61. The van der Waals surface area contributed by atoms with Gasteiger partial charge in [-0.15, -0.1) is 11.8 Å². The van der Waals surface area contributed by atoms with Gasteiger partial charge in [-0.2, -0.15) is 0 Å². The lowest BCUT2D eigenvalue weighted by atomic mass is 9.71. The van der Waals surface area contributed by atoms with Crippen molar-refractivity contribution in [1.82, 2.24) is 0 Å². The highest BCUT2D eigenvalue weighted by Gasteiger charge is 2.36. The molecule has 0 amide bonds. The van der Waals surface area contributed by atoms with Gasteiger partial charge in [-0.3, -0.25) is 0 Å². The molecule has 3 rings (SSSR count). The molecule has 1 nitrogen and oxygen atoms in total. The Bertz CT molecular complexity index is 435. The molecule has 4 atom stereocenters. The van der Waals surface area contributed by atoms with Crippen LogP contribution in [0.4, 0.5) is 0 Å². The molecule has 0 saturated heterocycles. The molecule has 2 aliphatic rings. The molecule has 2 heteroatoms. The number of thioether (sulfide) groups is 1. The monoisotopic (exact) mass is 276 g/mol. The molecule has 1 heterocycles. The van der Waals surface area contributed by atoms with E-state index < -0.39 is 0 Å². The first-order valence-corrected chi connectivity index (χ1v) is 8.53. The normalized spacial score (nSPS) is 35.9. The highest BCUT2D eigenvalue weighted by Crippen LogP contribution is 2.45. The van der Waals surface area contributed by atoms with Crippen LogP contribution in [-0.2, 0) is 0 Å². The van der Waals surface area contributed by atoms with E-state index >= 15 is 0 Å². The highest BCUT2D eigenvalue weighted by atomic mass is 32.2. The zero-order valence-corrected chi connectivity index (χ0v) is 12.7. The Kier molecular flexibility index (Phi) is 3.91. The summed E-state index contributed by atoms with van der Waals surface area (Å²) >= 11 is 1.91. The first-order valence-electron chi connectivity index (χ1n) is 7.55. The van der Waals surface area contributed by atoms with Gasteiger partial charge in [0.15, 0.2) is 0 Å². The summed E-state index contributed by atoms with van der Waals surface area (Å²) in [4.78, 5) is 1.38. The lowest BCUT2D eigenvalue weighted by Gasteiger charge is -2.36. The van der Waals surface area contributed by atoms with Crippen LogP contribution in [0.2, 0.25) is 0 Å². The number of aliphatic hydroxyl groups is 1. The number of rotatable bonds is 2. The van der Waals surface area contributed by atoms with Gasteiger partial charge in [-0.05, 0) is 48.6 Å². The van der Waals surface area contributed by atoms with E-state index in [0.717, 1.165) is 17.6 Å². The minimum atomic E-state index is -0.152. The van der Waals surface area contributed by atoms with E-state index in [2.05, 4.69) is 38.1 Å². The lowest BCUT2D eigenvalue weighted by molar-refractivity contribution is 0.0410. The van der Waals surface area contributed by atoms with E-state index in [0.29, 0.717) is 11.8 Å². The fourth-order valence-electron chi connectivity index (χ4n) is 4.09. The molecule has 1 aliphatic heterocycles. The minimum Gasteiger partial charge on any atom is -0.392 e. The van der Waals surface area contributed by atoms with Crippen molar-refractivity contribution in [2.75, 3.05) is 5.75 Å². The quantitative estimate of drug-likeness (QED) is 0.868. The van der Waals surface area contributed by atoms with E-state index in [9.17, 15) is 5.11 Å². The second kappa shape index (κ2) is 5.49. The molecular weight excluding hydrogens is 252 g/mol. The summed E-state index contributed by atoms with van der Waals surface area (Å²) in [5, 5.41) is 10.8. The first kappa shape index (κ1) is 13.5. The van der Waals surface area contributed by atoms with Crippen LogP contribution in [0.25, 0.3) is 0 Å². The Morgan fingerprint density at radius 1 is 1.11 bits per heavy atom. The Labute approximate surface area is 120 Å². The van der Waals surface area contributed by atoms with Gasteiger partial charge in [0.2, 0.25) is 0 Å². The molecule has 19 heavy (non-hydrogen) atoms. The smallest absolute Gasteiger partial charge is 0.0645 e. The largest absolute Gasteiger partial charge is 0.392 e. The fourth-order valence-corrected chi connectivity index (χ4v) is 5.38. The van der Waals surface area contributed by atoms with Gasteiger partial charge in [-0.1, -0.05) is 32.0 Å². The van der Waals surface area contributed by atoms with Crippen molar-refractivity contribution in [3.63, 3.8) is 0 Å². The molecule has 1 saturated carbocycles. The Morgan fingerprint density at radius 2 is 1.79 bits per heavy atom. The number of hydrogen-bond donors (Lipinski definition) is 1. The third-order valence-corrected chi connectivity index (χ3v) is 6.06. The van der Waals surface area contributed by atoms with Crippen LogP contribution in [0.15, 0.2) is 29.2 Å². The average Bonchev–Trinajstić information content (AvgIpc) is 2.80. The van der Waals surface area contributed by atoms with Crippen molar-refractivity contribution in [3.05, 3.63) is 29.8 Å². The van der Waals surface area contributed by atoms with Gasteiger partial charge in [0.1, 0.15) is 0 Å². The van der Waals surface area contributed by atoms with Crippen LogP contribution in [-0.4, -0.2) is 17.0 Å². The average molecular weight is 276 g/mol. The molecular formula is C17H24OS.